The molecule has 0 fully saturated rings. The van der Waals surface area contributed by atoms with Crippen LogP contribution >= 0.6 is 0 Å². The molecule has 2 aromatic heterocycles. The second-order valence-corrected chi connectivity index (χ2v) is 9.50. The van der Waals surface area contributed by atoms with Crippen molar-refractivity contribution < 1.29 is 31.8 Å². The molecule has 0 aliphatic carbocycles. The van der Waals surface area contributed by atoms with Crippen molar-refractivity contribution in [3.05, 3.63) is 69.9 Å². The van der Waals surface area contributed by atoms with Gasteiger partial charge in [-0.15, -0.1) is 0 Å². The van der Waals surface area contributed by atoms with Gasteiger partial charge in [0.25, 0.3) is 11.5 Å². The highest BCUT2D eigenvalue weighted by Gasteiger charge is 2.58. The van der Waals surface area contributed by atoms with Crippen molar-refractivity contribution in [3.8, 4) is 17.2 Å². The van der Waals surface area contributed by atoms with E-state index in [1.54, 1.807) is 36.7 Å². The van der Waals surface area contributed by atoms with E-state index in [4.69, 9.17) is 9.47 Å². The molecule has 0 N–H and O–H groups in total. The number of fused-ring (bicyclic) bond motifs is 2. The van der Waals surface area contributed by atoms with Crippen LogP contribution in [0.15, 0.2) is 41.6 Å². The van der Waals surface area contributed by atoms with Crippen LogP contribution in [-0.2, 0) is 13.0 Å². The third kappa shape index (κ3) is 4.13. The van der Waals surface area contributed by atoms with Gasteiger partial charge < -0.3 is 23.5 Å². The molecule has 0 saturated heterocycles. The normalized spacial score (nSPS) is 19.9. The Morgan fingerprint density at radius 2 is 1.95 bits per heavy atom. The summed E-state index contributed by atoms with van der Waals surface area (Å²) in [6, 6.07) is 4.92. The van der Waals surface area contributed by atoms with Crippen LogP contribution in [0.2, 0.25) is 0 Å². The Morgan fingerprint density at radius 1 is 1.19 bits per heavy atom. The van der Waals surface area contributed by atoms with Crippen molar-refractivity contribution in [1.29, 1.82) is 0 Å². The number of pyridine rings is 1. The number of hydrogen-bond donors (Lipinski definition) is 0. The first-order valence-electron chi connectivity index (χ1n) is 11.7. The second kappa shape index (κ2) is 8.63. The number of aromatic nitrogens is 3. The van der Waals surface area contributed by atoms with E-state index in [0.717, 1.165) is 18.7 Å². The number of ether oxygens (including phenoxy) is 2. The van der Waals surface area contributed by atoms with Gasteiger partial charge in [0, 0.05) is 31.3 Å². The molecule has 196 valence electrons. The molecular weight excluding hydrogens is 496 g/mol. The summed E-state index contributed by atoms with van der Waals surface area (Å²) in [7, 11) is 0. The topological polar surface area (TPSA) is 78.6 Å². The molecule has 12 heteroatoms. The smallest absolute Gasteiger partial charge is 0.428 e. The fourth-order valence-electron chi connectivity index (χ4n) is 4.65. The predicted octanol–water partition coefficient (Wildman–Crippen LogP) is 3.66. The van der Waals surface area contributed by atoms with E-state index < -0.39 is 35.8 Å². The van der Waals surface area contributed by atoms with Gasteiger partial charge in [0.15, 0.2) is 11.6 Å². The molecule has 0 spiro atoms. The maximum Gasteiger partial charge on any atom is 0.428 e. The maximum absolute atomic E-state index is 14.2. The number of imidazole rings is 1. The third-order valence-electron chi connectivity index (χ3n) is 6.81. The third-order valence-corrected chi connectivity index (χ3v) is 6.81. The van der Waals surface area contributed by atoms with Crippen LogP contribution in [0.4, 0.5) is 17.6 Å². The van der Waals surface area contributed by atoms with Gasteiger partial charge in [-0.2, -0.15) is 13.2 Å². The Labute approximate surface area is 209 Å². The number of amides is 1. The lowest BCUT2D eigenvalue weighted by atomic mass is 9.98. The highest BCUT2D eigenvalue weighted by atomic mass is 19.4. The molecule has 0 saturated carbocycles. The molecule has 37 heavy (non-hydrogen) atoms. The highest BCUT2D eigenvalue weighted by Crippen LogP contribution is 2.48. The van der Waals surface area contributed by atoms with E-state index >= 15 is 0 Å². The minimum Gasteiger partial charge on any atom is -0.491 e. The van der Waals surface area contributed by atoms with Gasteiger partial charge in [-0.25, -0.2) is 9.37 Å². The summed E-state index contributed by atoms with van der Waals surface area (Å²) in [6.45, 7) is 4.84. The number of hydrogen-bond acceptors (Lipinski definition) is 5. The first kappa shape index (κ1) is 24.8. The molecular formula is C25H24F4N4O4. The Hall–Kier alpha value is -3.83. The lowest BCUT2D eigenvalue weighted by molar-refractivity contribution is -0.235. The zero-order valence-electron chi connectivity index (χ0n) is 20.3. The number of carbonyl (C=O) groups is 1. The Balaban J connectivity index is 1.32. The largest absolute Gasteiger partial charge is 0.491 e. The molecule has 1 amide bonds. The fraction of sp³-hybridized carbons (Fsp3) is 0.400. The van der Waals surface area contributed by atoms with E-state index in [9.17, 15) is 27.2 Å². The minimum absolute atomic E-state index is 0.00355. The van der Waals surface area contributed by atoms with Gasteiger partial charge in [0.2, 0.25) is 5.60 Å². The summed E-state index contributed by atoms with van der Waals surface area (Å²) in [5, 5.41) is 0. The van der Waals surface area contributed by atoms with Crippen LogP contribution in [0, 0.1) is 12.7 Å². The fourth-order valence-corrected chi connectivity index (χ4v) is 4.65. The van der Waals surface area contributed by atoms with Crippen molar-refractivity contribution in [3.63, 3.8) is 0 Å². The van der Waals surface area contributed by atoms with Crippen LogP contribution in [0.1, 0.15) is 35.6 Å². The van der Waals surface area contributed by atoms with Gasteiger partial charge >= 0.3 is 6.18 Å². The average molecular weight is 520 g/mol. The van der Waals surface area contributed by atoms with E-state index in [-0.39, 0.29) is 48.2 Å². The van der Waals surface area contributed by atoms with Crippen molar-refractivity contribution >= 4 is 5.91 Å². The van der Waals surface area contributed by atoms with E-state index in [1.165, 1.54) is 21.9 Å². The number of halogens is 4. The number of carbonyl (C=O) groups excluding carboxylic acids is 1. The SMILES string of the molecule is Cc1cn(-c2ccc3n(c2=O)CCN([C@@H](C)COc2ccc(F)c4c2CC(C)(C(F)(F)F)O4)C3=O)cn1. The van der Waals surface area contributed by atoms with Crippen LogP contribution < -0.4 is 15.0 Å². The van der Waals surface area contributed by atoms with Crippen molar-refractivity contribution in [2.24, 2.45) is 0 Å². The van der Waals surface area contributed by atoms with Crippen molar-refractivity contribution in [2.45, 2.75) is 51.6 Å². The average Bonchev–Trinajstić information content (AvgIpc) is 3.43. The number of aryl methyl sites for hydroxylation is 1. The molecule has 0 radical (unpaired) electrons. The summed E-state index contributed by atoms with van der Waals surface area (Å²) in [4.78, 5) is 31.9. The van der Waals surface area contributed by atoms with E-state index in [0.29, 0.717) is 5.69 Å². The van der Waals surface area contributed by atoms with Crippen LogP contribution in [-0.4, -0.2) is 55.9 Å². The summed E-state index contributed by atoms with van der Waals surface area (Å²) in [5.74, 6) is -1.68. The maximum atomic E-state index is 14.2. The van der Waals surface area contributed by atoms with Crippen LogP contribution in [0.5, 0.6) is 11.5 Å². The molecule has 3 aromatic rings. The Kier molecular flexibility index (Phi) is 5.80. The minimum atomic E-state index is -4.70. The zero-order valence-corrected chi connectivity index (χ0v) is 20.3. The molecule has 1 unspecified atom stereocenters. The van der Waals surface area contributed by atoms with Crippen molar-refractivity contribution in [2.75, 3.05) is 13.2 Å². The van der Waals surface area contributed by atoms with E-state index in [2.05, 4.69) is 4.98 Å². The van der Waals surface area contributed by atoms with Crippen LogP contribution in [0.25, 0.3) is 5.69 Å². The van der Waals surface area contributed by atoms with Gasteiger partial charge in [0.05, 0.1) is 18.1 Å². The first-order chi connectivity index (χ1) is 17.4. The number of alkyl halides is 3. The second-order valence-electron chi connectivity index (χ2n) is 9.50. The van der Waals surface area contributed by atoms with Gasteiger partial charge in [-0.3, -0.25) is 9.59 Å². The number of nitrogens with zero attached hydrogens (tertiary/aromatic N) is 4. The molecule has 0 bridgehead atoms. The van der Waals surface area contributed by atoms with E-state index in [1.807, 2.05) is 0 Å². The number of benzene rings is 1. The monoisotopic (exact) mass is 520 g/mol. The van der Waals surface area contributed by atoms with Gasteiger partial charge in [-0.1, -0.05) is 0 Å². The lowest BCUT2D eigenvalue weighted by Crippen LogP contribution is -2.50. The quantitative estimate of drug-likeness (QED) is 0.480. The Bertz CT molecular complexity index is 1450. The lowest BCUT2D eigenvalue weighted by Gasteiger charge is -2.34. The Morgan fingerprint density at radius 3 is 2.62 bits per heavy atom. The molecule has 2 aliphatic heterocycles. The standard InChI is InChI=1S/C25H24F4N4O4/c1-14-11-31(13-30-14)18-5-6-19-23(35)32(8-9-33(19)22(18)34)15(2)12-36-20-7-4-17(26)21-16(20)10-24(3,37-21)25(27,28)29/h4-7,11,13,15H,8-10,12H2,1-3H3/t15-,24?/m0/s1. The first-order valence-corrected chi connectivity index (χ1v) is 11.7. The predicted molar refractivity (Wildman–Crippen MR) is 124 cm³/mol. The molecule has 8 nitrogen and oxygen atoms in total. The van der Waals surface area contributed by atoms with Gasteiger partial charge in [-0.05, 0) is 45.0 Å². The highest BCUT2D eigenvalue weighted by molar-refractivity contribution is 5.93. The summed E-state index contributed by atoms with van der Waals surface area (Å²) < 4.78 is 68.5. The zero-order chi connectivity index (χ0) is 26.7. The van der Waals surface area contributed by atoms with Crippen LogP contribution in [0.3, 0.4) is 0 Å². The summed E-state index contributed by atoms with van der Waals surface area (Å²) >= 11 is 0. The molecule has 4 heterocycles. The van der Waals surface area contributed by atoms with Gasteiger partial charge in [0.1, 0.15) is 23.7 Å². The molecule has 5 rings (SSSR count). The number of rotatable bonds is 5. The molecule has 2 aliphatic rings. The summed E-state index contributed by atoms with van der Waals surface area (Å²) in [6.07, 6.45) is -2.05. The molecule has 2 atom stereocenters. The summed E-state index contributed by atoms with van der Waals surface area (Å²) in [5.41, 5.74) is -1.53. The molecule has 1 aromatic carbocycles. The van der Waals surface area contributed by atoms with Crippen molar-refractivity contribution in [1.82, 2.24) is 19.0 Å².